The Labute approximate surface area is 81.6 Å². The van der Waals surface area contributed by atoms with Crippen molar-refractivity contribution >= 4 is 5.69 Å². The second kappa shape index (κ2) is 3.41. The minimum Gasteiger partial charge on any atom is -0.508 e. The number of anilines is 1. The zero-order valence-electron chi connectivity index (χ0n) is 7.59. The number of phenolic OH excluding ortho intramolecular Hbond substituents is 1. The molecule has 4 heteroatoms. The van der Waals surface area contributed by atoms with Crippen molar-refractivity contribution in [3.05, 3.63) is 42.2 Å². The highest BCUT2D eigenvalue weighted by molar-refractivity contribution is 5.31. The van der Waals surface area contributed by atoms with Gasteiger partial charge in [0.15, 0.2) is 0 Å². The minimum atomic E-state index is 0.272. The molecule has 0 aliphatic heterocycles. The van der Waals surface area contributed by atoms with Crippen molar-refractivity contribution in [3.63, 3.8) is 0 Å². The molecule has 0 saturated carbocycles. The summed E-state index contributed by atoms with van der Waals surface area (Å²) in [6.45, 7) is 0.664. The molecule has 0 aliphatic carbocycles. The maximum Gasteiger partial charge on any atom is 0.115 e. The molecule has 0 spiro atoms. The molecule has 1 aromatic carbocycles. The van der Waals surface area contributed by atoms with Crippen LogP contribution in [-0.2, 0) is 6.54 Å². The Morgan fingerprint density at radius 3 is 2.57 bits per heavy atom. The molecule has 0 bridgehead atoms. The van der Waals surface area contributed by atoms with Crippen LogP contribution in [0.1, 0.15) is 5.56 Å². The lowest BCUT2D eigenvalue weighted by Gasteiger charge is -2.01. The van der Waals surface area contributed by atoms with E-state index < -0.39 is 0 Å². The number of rotatable bonds is 2. The SMILES string of the molecule is Nc1cnn(Cc2ccc(O)cc2)c1. The first-order valence-electron chi connectivity index (χ1n) is 4.30. The zero-order valence-corrected chi connectivity index (χ0v) is 7.59. The van der Waals surface area contributed by atoms with Gasteiger partial charge in [-0.2, -0.15) is 5.10 Å². The molecule has 0 atom stereocenters. The Balaban J connectivity index is 2.15. The van der Waals surface area contributed by atoms with Crippen LogP contribution in [0.3, 0.4) is 0 Å². The second-order valence-electron chi connectivity index (χ2n) is 3.14. The number of phenols is 1. The fourth-order valence-electron chi connectivity index (χ4n) is 1.25. The summed E-state index contributed by atoms with van der Waals surface area (Å²) in [6, 6.07) is 7.02. The zero-order chi connectivity index (χ0) is 9.97. The van der Waals surface area contributed by atoms with Crippen LogP contribution in [0.25, 0.3) is 0 Å². The Hall–Kier alpha value is -1.97. The third kappa shape index (κ3) is 1.85. The number of benzene rings is 1. The fraction of sp³-hybridized carbons (Fsp3) is 0.100. The highest BCUT2D eigenvalue weighted by Crippen LogP contribution is 2.11. The Kier molecular flexibility index (Phi) is 2.10. The summed E-state index contributed by atoms with van der Waals surface area (Å²) in [4.78, 5) is 0. The van der Waals surface area contributed by atoms with E-state index in [1.54, 1.807) is 29.2 Å². The molecule has 1 aromatic heterocycles. The highest BCUT2D eigenvalue weighted by atomic mass is 16.3. The predicted molar refractivity (Wildman–Crippen MR) is 53.8 cm³/mol. The second-order valence-corrected chi connectivity index (χ2v) is 3.14. The van der Waals surface area contributed by atoms with Crippen LogP contribution in [0, 0.1) is 0 Å². The van der Waals surface area contributed by atoms with Crippen LogP contribution in [0.4, 0.5) is 5.69 Å². The molecule has 4 nitrogen and oxygen atoms in total. The predicted octanol–water partition coefficient (Wildman–Crippen LogP) is 1.22. The lowest BCUT2D eigenvalue weighted by Crippen LogP contribution is -1.99. The van der Waals surface area contributed by atoms with E-state index in [1.807, 2.05) is 12.1 Å². The average molecular weight is 189 g/mol. The smallest absolute Gasteiger partial charge is 0.115 e. The van der Waals surface area contributed by atoms with Gasteiger partial charge in [0.25, 0.3) is 0 Å². The molecule has 0 unspecified atom stereocenters. The first kappa shape index (κ1) is 8.62. The number of hydrogen-bond donors (Lipinski definition) is 2. The molecule has 3 N–H and O–H groups in total. The van der Waals surface area contributed by atoms with E-state index in [0.717, 1.165) is 5.56 Å². The maximum absolute atomic E-state index is 9.08. The Morgan fingerprint density at radius 1 is 1.29 bits per heavy atom. The van der Waals surface area contributed by atoms with Crippen LogP contribution < -0.4 is 5.73 Å². The van der Waals surface area contributed by atoms with E-state index in [0.29, 0.717) is 12.2 Å². The van der Waals surface area contributed by atoms with E-state index in [9.17, 15) is 0 Å². The summed E-state index contributed by atoms with van der Waals surface area (Å²) < 4.78 is 1.75. The molecular formula is C10H11N3O. The van der Waals surface area contributed by atoms with Gasteiger partial charge in [-0.1, -0.05) is 12.1 Å². The van der Waals surface area contributed by atoms with E-state index in [2.05, 4.69) is 5.10 Å². The van der Waals surface area contributed by atoms with Crippen molar-refractivity contribution < 1.29 is 5.11 Å². The Bertz CT molecular complexity index is 419. The van der Waals surface area contributed by atoms with Gasteiger partial charge in [-0.05, 0) is 17.7 Å². The van der Waals surface area contributed by atoms with E-state index in [1.165, 1.54) is 0 Å². The normalized spacial score (nSPS) is 10.3. The third-order valence-corrected chi connectivity index (χ3v) is 1.93. The Morgan fingerprint density at radius 2 is 2.00 bits per heavy atom. The van der Waals surface area contributed by atoms with Crippen molar-refractivity contribution in [1.82, 2.24) is 9.78 Å². The van der Waals surface area contributed by atoms with Crippen LogP contribution in [-0.4, -0.2) is 14.9 Å². The summed E-state index contributed by atoms with van der Waals surface area (Å²) in [5.74, 6) is 0.272. The molecular weight excluding hydrogens is 178 g/mol. The monoisotopic (exact) mass is 189 g/mol. The summed E-state index contributed by atoms with van der Waals surface area (Å²) in [7, 11) is 0. The first-order valence-corrected chi connectivity index (χ1v) is 4.30. The first-order chi connectivity index (χ1) is 6.74. The summed E-state index contributed by atoms with van der Waals surface area (Å²) in [5, 5.41) is 13.1. The topological polar surface area (TPSA) is 64.1 Å². The third-order valence-electron chi connectivity index (χ3n) is 1.93. The summed E-state index contributed by atoms with van der Waals surface area (Å²) in [5.41, 5.74) is 7.26. The molecule has 0 amide bonds. The van der Waals surface area contributed by atoms with Crippen molar-refractivity contribution in [3.8, 4) is 5.75 Å². The quantitative estimate of drug-likeness (QED) is 0.746. The number of aromatic hydroxyl groups is 1. The largest absolute Gasteiger partial charge is 0.508 e. The van der Waals surface area contributed by atoms with Crippen molar-refractivity contribution in [2.75, 3.05) is 5.73 Å². The van der Waals surface area contributed by atoms with Crippen molar-refractivity contribution in [1.29, 1.82) is 0 Å². The maximum atomic E-state index is 9.08. The average Bonchev–Trinajstić information content (AvgIpc) is 2.56. The van der Waals surface area contributed by atoms with Gasteiger partial charge in [-0.15, -0.1) is 0 Å². The molecule has 72 valence electrons. The van der Waals surface area contributed by atoms with Gasteiger partial charge >= 0.3 is 0 Å². The standard InChI is InChI=1S/C10H11N3O/c11-9-5-12-13(7-9)6-8-1-3-10(14)4-2-8/h1-5,7,14H,6,11H2. The number of hydrogen-bond acceptors (Lipinski definition) is 3. The fourth-order valence-corrected chi connectivity index (χ4v) is 1.25. The summed E-state index contributed by atoms with van der Waals surface area (Å²) in [6.07, 6.45) is 3.38. The molecule has 2 aromatic rings. The lowest BCUT2D eigenvalue weighted by molar-refractivity contribution is 0.475. The molecule has 1 heterocycles. The van der Waals surface area contributed by atoms with E-state index >= 15 is 0 Å². The lowest BCUT2D eigenvalue weighted by atomic mass is 10.2. The van der Waals surface area contributed by atoms with Gasteiger partial charge in [-0.3, -0.25) is 4.68 Å². The number of nitrogens with zero attached hydrogens (tertiary/aromatic N) is 2. The van der Waals surface area contributed by atoms with Crippen LogP contribution in [0.2, 0.25) is 0 Å². The van der Waals surface area contributed by atoms with Gasteiger partial charge in [0.05, 0.1) is 18.4 Å². The van der Waals surface area contributed by atoms with Crippen LogP contribution >= 0.6 is 0 Å². The number of aromatic nitrogens is 2. The van der Waals surface area contributed by atoms with Gasteiger partial charge in [0, 0.05) is 6.20 Å². The van der Waals surface area contributed by atoms with Gasteiger partial charge in [0.2, 0.25) is 0 Å². The highest BCUT2D eigenvalue weighted by Gasteiger charge is 1.96. The van der Waals surface area contributed by atoms with E-state index in [4.69, 9.17) is 10.8 Å². The van der Waals surface area contributed by atoms with Crippen molar-refractivity contribution in [2.45, 2.75) is 6.54 Å². The number of nitrogens with two attached hydrogens (primary N) is 1. The molecule has 0 aliphatic rings. The van der Waals surface area contributed by atoms with Gasteiger partial charge in [-0.25, -0.2) is 0 Å². The molecule has 0 saturated heterocycles. The van der Waals surface area contributed by atoms with Crippen molar-refractivity contribution in [2.24, 2.45) is 0 Å². The minimum absolute atomic E-state index is 0.272. The van der Waals surface area contributed by atoms with Crippen LogP contribution in [0.5, 0.6) is 5.75 Å². The molecule has 0 fully saturated rings. The van der Waals surface area contributed by atoms with E-state index in [-0.39, 0.29) is 5.75 Å². The van der Waals surface area contributed by atoms with Gasteiger partial charge < -0.3 is 10.8 Å². The van der Waals surface area contributed by atoms with Crippen LogP contribution in [0.15, 0.2) is 36.7 Å². The molecule has 14 heavy (non-hydrogen) atoms. The molecule has 0 radical (unpaired) electrons. The summed E-state index contributed by atoms with van der Waals surface area (Å²) >= 11 is 0. The number of nitrogen functional groups attached to an aromatic ring is 1. The molecule has 2 rings (SSSR count). The van der Waals surface area contributed by atoms with Gasteiger partial charge in [0.1, 0.15) is 5.75 Å².